The third-order valence-electron chi connectivity index (χ3n) is 5.57. The summed E-state index contributed by atoms with van der Waals surface area (Å²) in [5.41, 5.74) is 4.62. The molecule has 4 nitrogen and oxygen atoms in total. The van der Waals surface area contributed by atoms with Gasteiger partial charge < -0.3 is 4.74 Å². The molecule has 0 aromatic heterocycles. The maximum absolute atomic E-state index is 11.6. The van der Waals surface area contributed by atoms with Crippen LogP contribution in [0.3, 0.4) is 0 Å². The summed E-state index contributed by atoms with van der Waals surface area (Å²) in [5, 5.41) is 0. The Morgan fingerprint density at radius 2 is 1.55 bits per heavy atom. The molecule has 29 heavy (non-hydrogen) atoms. The van der Waals surface area contributed by atoms with Gasteiger partial charge in [-0.15, -0.1) is 0 Å². The minimum absolute atomic E-state index is 0.284. The van der Waals surface area contributed by atoms with Crippen LogP contribution < -0.4 is 0 Å². The van der Waals surface area contributed by atoms with Gasteiger partial charge >= 0.3 is 5.97 Å². The van der Waals surface area contributed by atoms with Gasteiger partial charge in [0, 0.05) is 38.3 Å². The van der Waals surface area contributed by atoms with Crippen LogP contribution >= 0.6 is 0 Å². The van der Waals surface area contributed by atoms with Crippen LogP contribution in [0.1, 0.15) is 54.7 Å². The maximum Gasteiger partial charge on any atom is 0.337 e. The Balaban J connectivity index is 0.00000145. The van der Waals surface area contributed by atoms with Gasteiger partial charge in [0.05, 0.1) is 12.7 Å². The molecule has 0 amide bonds. The van der Waals surface area contributed by atoms with Crippen molar-refractivity contribution >= 4 is 5.97 Å². The fourth-order valence-electron chi connectivity index (χ4n) is 4.01. The first-order valence-corrected chi connectivity index (χ1v) is 10.7. The average molecular weight is 397 g/mol. The van der Waals surface area contributed by atoms with E-state index in [0.29, 0.717) is 17.6 Å². The van der Waals surface area contributed by atoms with Crippen LogP contribution in [0.25, 0.3) is 0 Å². The summed E-state index contributed by atoms with van der Waals surface area (Å²) >= 11 is 0. The van der Waals surface area contributed by atoms with Crippen LogP contribution in [0.15, 0.2) is 48.5 Å². The van der Waals surface area contributed by atoms with E-state index in [1.807, 2.05) is 38.1 Å². The quantitative estimate of drug-likeness (QED) is 0.673. The molecule has 2 aromatic carbocycles. The van der Waals surface area contributed by atoms with Crippen LogP contribution in [0.4, 0.5) is 0 Å². The lowest BCUT2D eigenvalue weighted by Gasteiger charge is -2.44. The number of esters is 1. The van der Waals surface area contributed by atoms with E-state index in [9.17, 15) is 4.79 Å². The third-order valence-corrected chi connectivity index (χ3v) is 5.57. The van der Waals surface area contributed by atoms with Crippen molar-refractivity contribution in [3.63, 3.8) is 0 Å². The lowest BCUT2D eigenvalue weighted by atomic mass is 10.0. The zero-order valence-electron chi connectivity index (χ0n) is 18.8. The number of nitrogens with zero attached hydrogens (tertiary/aromatic N) is 2. The van der Waals surface area contributed by atoms with E-state index < -0.39 is 0 Å². The first kappa shape index (κ1) is 23.1. The molecule has 0 saturated carbocycles. The minimum Gasteiger partial charge on any atom is -0.465 e. The Hall–Kier alpha value is -2.17. The van der Waals surface area contributed by atoms with Crippen LogP contribution in [0.2, 0.25) is 0 Å². The molecule has 158 valence electrons. The number of methoxy groups -OCH3 is 1. The molecule has 1 heterocycles. The van der Waals surface area contributed by atoms with Gasteiger partial charge in [0.1, 0.15) is 0 Å². The van der Waals surface area contributed by atoms with Crippen molar-refractivity contribution in [1.82, 2.24) is 9.80 Å². The second kappa shape index (κ2) is 11.1. The highest BCUT2D eigenvalue weighted by molar-refractivity contribution is 5.89. The lowest BCUT2D eigenvalue weighted by molar-refractivity contribution is 0.0289. The van der Waals surface area contributed by atoms with Gasteiger partial charge in [0.25, 0.3) is 0 Å². The smallest absolute Gasteiger partial charge is 0.337 e. The van der Waals surface area contributed by atoms with Crippen molar-refractivity contribution in [3.05, 3.63) is 70.8 Å². The molecule has 1 fully saturated rings. The van der Waals surface area contributed by atoms with E-state index in [4.69, 9.17) is 4.74 Å². The van der Waals surface area contributed by atoms with Gasteiger partial charge in [-0.3, -0.25) is 9.80 Å². The van der Waals surface area contributed by atoms with E-state index >= 15 is 0 Å². The highest BCUT2D eigenvalue weighted by Crippen LogP contribution is 2.22. The number of benzene rings is 2. The van der Waals surface area contributed by atoms with Crippen LogP contribution in [0.5, 0.6) is 0 Å². The summed E-state index contributed by atoms with van der Waals surface area (Å²) in [6.45, 7) is 14.9. The van der Waals surface area contributed by atoms with E-state index in [0.717, 1.165) is 26.2 Å². The molecular formula is C25H36N2O2. The molecule has 1 aliphatic rings. The molecule has 3 rings (SSSR count). The fraction of sp³-hybridized carbons (Fsp3) is 0.480. The summed E-state index contributed by atoms with van der Waals surface area (Å²) in [7, 11) is 1.41. The largest absolute Gasteiger partial charge is 0.465 e. The highest BCUT2D eigenvalue weighted by Gasteiger charge is 2.29. The maximum atomic E-state index is 11.6. The number of rotatable bonds is 5. The Morgan fingerprint density at radius 1 is 0.966 bits per heavy atom. The molecule has 2 atom stereocenters. The monoisotopic (exact) mass is 396 g/mol. The normalized spacial score (nSPS) is 19.9. The first-order valence-electron chi connectivity index (χ1n) is 10.7. The van der Waals surface area contributed by atoms with Crippen molar-refractivity contribution in [2.75, 3.05) is 20.2 Å². The second-order valence-corrected chi connectivity index (χ2v) is 7.68. The summed E-state index contributed by atoms with van der Waals surface area (Å²) in [6, 6.07) is 17.4. The van der Waals surface area contributed by atoms with Gasteiger partial charge in [0.2, 0.25) is 0 Å². The van der Waals surface area contributed by atoms with E-state index in [1.54, 1.807) is 0 Å². The number of aryl methyl sites for hydroxylation is 1. The lowest BCUT2D eigenvalue weighted by Crippen LogP contribution is -2.55. The Morgan fingerprint density at radius 3 is 2.10 bits per heavy atom. The summed E-state index contributed by atoms with van der Waals surface area (Å²) in [5.74, 6) is -0.284. The van der Waals surface area contributed by atoms with Crippen molar-refractivity contribution < 1.29 is 9.53 Å². The standard InChI is InChI=1S/C23H30N2O2.C2H6/c1-17-7-5-6-8-22(17)16-25-18(2)13-24(14-19(25)3)15-20-9-11-21(12-10-20)23(26)27-4;1-2/h5-12,18-19H,13-16H2,1-4H3;1-2H3/t18-,19?;/m0./s1. The number of hydrogen-bond acceptors (Lipinski definition) is 4. The van der Waals surface area contributed by atoms with Gasteiger partial charge in [-0.25, -0.2) is 4.79 Å². The van der Waals surface area contributed by atoms with Crippen LogP contribution in [-0.4, -0.2) is 48.1 Å². The molecule has 1 unspecified atom stereocenters. The van der Waals surface area contributed by atoms with Gasteiger partial charge in [-0.2, -0.15) is 0 Å². The Bertz CT molecular complexity index is 761. The predicted octanol–water partition coefficient (Wildman–Crippen LogP) is 4.90. The zero-order chi connectivity index (χ0) is 21.4. The molecule has 1 saturated heterocycles. The van der Waals surface area contributed by atoms with Crippen molar-refractivity contribution in [3.8, 4) is 0 Å². The van der Waals surface area contributed by atoms with E-state index in [1.165, 1.54) is 23.8 Å². The van der Waals surface area contributed by atoms with Crippen molar-refractivity contribution in [2.45, 2.75) is 59.8 Å². The topological polar surface area (TPSA) is 32.8 Å². The summed E-state index contributed by atoms with van der Waals surface area (Å²) in [4.78, 5) is 16.7. The number of piperazine rings is 1. The van der Waals surface area contributed by atoms with E-state index in [-0.39, 0.29) is 5.97 Å². The first-order chi connectivity index (χ1) is 14.0. The molecule has 2 aromatic rings. The van der Waals surface area contributed by atoms with E-state index in [2.05, 4.69) is 54.8 Å². The van der Waals surface area contributed by atoms with Crippen LogP contribution in [0, 0.1) is 6.92 Å². The van der Waals surface area contributed by atoms with Gasteiger partial charge in [0.15, 0.2) is 0 Å². The van der Waals surface area contributed by atoms with Crippen LogP contribution in [-0.2, 0) is 17.8 Å². The number of carbonyl (C=O) groups is 1. The van der Waals surface area contributed by atoms with Gasteiger partial charge in [-0.05, 0) is 49.6 Å². The molecule has 0 aliphatic carbocycles. The zero-order valence-corrected chi connectivity index (χ0v) is 18.8. The number of hydrogen-bond donors (Lipinski definition) is 0. The third kappa shape index (κ3) is 6.15. The molecule has 0 N–H and O–H groups in total. The van der Waals surface area contributed by atoms with Crippen molar-refractivity contribution in [1.29, 1.82) is 0 Å². The predicted molar refractivity (Wildman–Crippen MR) is 120 cm³/mol. The number of ether oxygens (including phenoxy) is 1. The Kier molecular flexibility index (Phi) is 8.87. The number of carbonyl (C=O) groups excluding carboxylic acids is 1. The SMILES string of the molecule is CC.COC(=O)c1ccc(CN2CC(C)N(Cc3ccccc3C)[C@@H](C)C2)cc1. The fourth-order valence-corrected chi connectivity index (χ4v) is 4.01. The Labute approximate surface area is 176 Å². The molecule has 0 radical (unpaired) electrons. The molecule has 0 spiro atoms. The molecule has 1 aliphatic heterocycles. The minimum atomic E-state index is -0.284. The van der Waals surface area contributed by atoms with Gasteiger partial charge in [-0.1, -0.05) is 50.2 Å². The summed E-state index contributed by atoms with van der Waals surface area (Å²) < 4.78 is 4.77. The molecular weight excluding hydrogens is 360 g/mol. The average Bonchev–Trinajstić information content (AvgIpc) is 2.73. The molecule has 0 bridgehead atoms. The molecule has 4 heteroatoms. The van der Waals surface area contributed by atoms with Crippen molar-refractivity contribution in [2.24, 2.45) is 0 Å². The highest BCUT2D eigenvalue weighted by atomic mass is 16.5. The second-order valence-electron chi connectivity index (χ2n) is 7.68. The summed E-state index contributed by atoms with van der Waals surface area (Å²) in [6.07, 6.45) is 0.